The average Bonchev–Trinajstić information content (AvgIpc) is 2.95. The maximum atomic E-state index is 13.1. The number of hydrogen-bond acceptors (Lipinski definition) is 4. The van der Waals surface area contributed by atoms with E-state index in [1.807, 2.05) is 48.5 Å². The molecule has 0 saturated heterocycles. The van der Waals surface area contributed by atoms with E-state index in [-0.39, 0.29) is 0 Å². The molecule has 12 aromatic carbocycles. The largest absolute Gasteiger partial charge is 0.423 e. The van der Waals surface area contributed by atoms with Gasteiger partial charge in [0, 0.05) is 24.0 Å². The molecule has 1 aliphatic carbocycles. The molecular weight excluding hydrogens is 1010 g/mol. The van der Waals surface area contributed by atoms with E-state index in [1.165, 1.54) is 32.7 Å². The van der Waals surface area contributed by atoms with Crippen LogP contribution >= 0.6 is 0 Å². The molecule has 0 bridgehead atoms. The number of benzene rings is 12. The molecule has 0 saturated carbocycles. The summed E-state index contributed by atoms with van der Waals surface area (Å²) >= 11 is 0. The maximum absolute atomic E-state index is 13.1. The van der Waals surface area contributed by atoms with Gasteiger partial charge in [0.1, 0.15) is 11.5 Å². The lowest BCUT2D eigenvalue weighted by Crippen LogP contribution is -2.29. The van der Waals surface area contributed by atoms with Crippen LogP contribution in [0.4, 0.5) is 0 Å². The molecule has 0 N–H and O–H groups in total. The molecule has 1 aliphatic rings. The Morgan fingerprint density at radius 2 is 0.687 bits per heavy atom. The minimum absolute atomic E-state index is 0.334. The molecule has 0 unspecified atom stereocenters. The average molecular weight is 1070 g/mol. The highest BCUT2D eigenvalue weighted by atomic mass is 16.5. The van der Waals surface area contributed by atoms with Crippen molar-refractivity contribution in [2.24, 2.45) is 0 Å². The quantitative estimate of drug-likeness (QED) is 0.0619. The summed E-state index contributed by atoms with van der Waals surface area (Å²) in [6, 6.07) is 95.5. The topological polar surface area (TPSA) is 52.6 Å². The van der Waals surface area contributed by atoms with Gasteiger partial charge >= 0.3 is 11.9 Å². The maximum Gasteiger partial charge on any atom is 0.338 e. The smallest absolute Gasteiger partial charge is 0.338 e. The first-order valence-electron chi connectivity index (χ1n) is 28.1. The Hall–Kier alpha value is -10.4. The van der Waals surface area contributed by atoms with Crippen molar-refractivity contribution >= 4 is 33.5 Å². The molecule has 4 heteroatoms. The van der Waals surface area contributed by atoms with Crippen molar-refractivity contribution in [3.05, 3.63) is 336 Å². The van der Waals surface area contributed by atoms with Crippen molar-refractivity contribution in [3.8, 4) is 67.1 Å². The first-order valence-corrected chi connectivity index (χ1v) is 28.1. The van der Waals surface area contributed by atoms with Gasteiger partial charge in [-0.3, -0.25) is 0 Å². The summed E-state index contributed by atoms with van der Waals surface area (Å²) in [5.41, 5.74) is 19.1. The standard InChI is InChI=1S/C79H58O4/c1-51(2)77(80)82-75-39-35-63(45-67(75)41-53-17-7-5-8-18-53)59-25-15-27-69(47-59)79(70-28-16-26-60(48-70)64-36-40-76(83-78(81)52(3)4)68(46-64)42-54-19-9-6-10-20-54)73-49-65(61-31-29-55-21-11-13-23-57(55)43-61)33-37-71(73)72-38-34-66(50-74(72)79)62-32-30-56-22-12-14-24-58(56)44-62/h5-40,43-50H,1,3,41-42H2,2,4H3. The van der Waals surface area contributed by atoms with Gasteiger partial charge in [-0.25, -0.2) is 9.59 Å². The second kappa shape index (κ2) is 21.9. The lowest BCUT2D eigenvalue weighted by molar-refractivity contribution is -0.131. The van der Waals surface area contributed by atoms with E-state index in [1.54, 1.807) is 13.8 Å². The highest BCUT2D eigenvalue weighted by molar-refractivity contribution is 5.95. The number of rotatable bonds is 14. The van der Waals surface area contributed by atoms with Gasteiger partial charge in [0.2, 0.25) is 0 Å². The third-order valence-corrected chi connectivity index (χ3v) is 16.3. The minimum Gasteiger partial charge on any atom is -0.423 e. The Labute approximate surface area is 484 Å². The summed E-state index contributed by atoms with van der Waals surface area (Å²) in [5.74, 6) is 0.0881. The van der Waals surface area contributed by atoms with E-state index in [4.69, 9.17) is 9.47 Å². The zero-order valence-corrected chi connectivity index (χ0v) is 46.4. The van der Waals surface area contributed by atoms with Crippen molar-refractivity contribution in [2.45, 2.75) is 32.1 Å². The van der Waals surface area contributed by atoms with Crippen LogP contribution in [-0.4, -0.2) is 11.9 Å². The fraction of sp³-hybridized carbons (Fsp3) is 0.0633. The number of fused-ring (bicyclic) bond motifs is 5. The first kappa shape index (κ1) is 52.0. The second-order valence-corrected chi connectivity index (χ2v) is 21.9. The summed E-state index contributed by atoms with van der Waals surface area (Å²) in [5, 5.41) is 4.74. The molecule has 398 valence electrons. The van der Waals surface area contributed by atoms with Gasteiger partial charge in [0.05, 0.1) is 5.41 Å². The van der Waals surface area contributed by atoms with E-state index in [0.717, 1.165) is 89.0 Å². The number of hydrogen-bond donors (Lipinski definition) is 0. The van der Waals surface area contributed by atoms with E-state index in [0.29, 0.717) is 35.5 Å². The summed E-state index contributed by atoms with van der Waals surface area (Å²) in [6.07, 6.45) is 1.12. The number of carbonyl (C=O) groups is 2. The van der Waals surface area contributed by atoms with E-state index >= 15 is 0 Å². The molecule has 13 rings (SSSR count). The van der Waals surface area contributed by atoms with Gasteiger partial charge in [-0.1, -0.05) is 219 Å². The van der Waals surface area contributed by atoms with Crippen LogP contribution in [0.15, 0.2) is 291 Å². The Kier molecular flexibility index (Phi) is 13.7. The third kappa shape index (κ3) is 10.1. The van der Waals surface area contributed by atoms with Crippen molar-refractivity contribution in [2.75, 3.05) is 0 Å². The van der Waals surface area contributed by atoms with Gasteiger partial charge in [0.15, 0.2) is 0 Å². The highest BCUT2D eigenvalue weighted by Gasteiger charge is 2.47. The van der Waals surface area contributed by atoms with Crippen LogP contribution < -0.4 is 9.47 Å². The Morgan fingerprint density at radius 3 is 1.11 bits per heavy atom. The summed E-state index contributed by atoms with van der Waals surface area (Å²) in [6.45, 7) is 11.1. The molecule has 0 radical (unpaired) electrons. The fourth-order valence-electron chi connectivity index (χ4n) is 12.1. The number of ether oxygens (including phenoxy) is 2. The van der Waals surface area contributed by atoms with Gasteiger partial charge in [0.25, 0.3) is 0 Å². The molecule has 12 aromatic rings. The summed E-state index contributed by atoms with van der Waals surface area (Å²) in [4.78, 5) is 26.2. The summed E-state index contributed by atoms with van der Waals surface area (Å²) in [7, 11) is 0. The van der Waals surface area contributed by atoms with Crippen molar-refractivity contribution in [3.63, 3.8) is 0 Å². The van der Waals surface area contributed by atoms with E-state index in [2.05, 4.69) is 232 Å². The predicted molar refractivity (Wildman–Crippen MR) is 340 cm³/mol. The van der Waals surface area contributed by atoms with E-state index in [9.17, 15) is 9.59 Å². The Balaban J connectivity index is 1.06. The predicted octanol–water partition coefficient (Wildman–Crippen LogP) is 19.2. The molecular formula is C79H58O4. The van der Waals surface area contributed by atoms with Gasteiger partial charge in [-0.05, 0) is 196 Å². The van der Waals surface area contributed by atoms with Crippen LogP contribution in [0.5, 0.6) is 11.5 Å². The molecule has 0 spiro atoms. The van der Waals surface area contributed by atoms with Gasteiger partial charge in [-0.15, -0.1) is 0 Å². The molecule has 83 heavy (non-hydrogen) atoms. The Bertz CT molecular complexity index is 4260. The second-order valence-electron chi connectivity index (χ2n) is 21.9. The van der Waals surface area contributed by atoms with E-state index < -0.39 is 17.4 Å². The molecule has 4 nitrogen and oxygen atoms in total. The molecule has 0 heterocycles. The molecule has 0 amide bonds. The van der Waals surface area contributed by atoms with Crippen LogP contribution in [0.25, 0.3) is 77.2 Å². The lowest BCUT2D eigenvalue weighted by Gasteiger charge is -2.35. The minimum atomic E-state index is -0.885. The van der Waals surface area contributed by atoms with Gasteiger partial charge < -0.3 is 9.47 Å². The molecule has 0 atom stereocenters. The highest BCUT2D eigenvalue weighted by Crippen LogP contribution is 2.58. The fourth-order valence-corrected chi connectivity index (χ4v) is 12.1. The molecule has 0 fully saturated rings. The van der Waals surface area contributed by atoms with Crippen molar-refractivity contribution < 1.29 is 19.1 Å². The van der Waals surface area contributed by atoms with Gasteiger partial charge in [-0.2, -0.15) is 0 Å². The molecule has 0 aromatic heterocycles. The Morgan fingerprint density at radius 1 is 0.337 bits per heavy atom. The monoisotopic (exact) mass is 1070 g/mol. The van der Waals surface area contributed by atoms with Crippen LogP contribution in [0.3, 0.4) is 0 Å². The van der Waals surface area contributed by atoms with Crippen LogP contribution in [0, 0.1) is 0 Å². The lowest BCUT2D eigenvalue weighted by atomic mass is 9.66. The zero-order valence-electron chi connectivity index (χ0n) is 46.4. The summed E-state index contributed by atoms with van der Waals surface area (Å²) < 4.78 is 12.0. The first-order chi connectivity index (χ1) is 40.5. The third-order valence-electron chi connectivity index (χ3n) is 16.3. The number of esters is 2. The normalized spacial score (nSPS) is 12.1. The number of carbonyl (C=O) groups excluding carboxylic acids is 2. The van der Waals surface area contributed by atoms with Crippen molar-refractivity contribution in [1.82, 2.24) is 0 Å². The zero-order chi connectivity index (χ0) is 56.6. The van der Waals surface area contributed by atoms with Crippen LogP contribution in [0.2, 0.25) is 0 Å². The van der Waals surface area contributed by atoms with Crippen LogP contribution in [0.1, 0.15) is 58.4 Å². The molecule has 0 aliphatic heterocycles. The van der Waals surface area contributed by atoms with Crippen LogP contribution in [-0.2, 0) is 27.8 Å². The van der Waals surface area contributed by atoms with Crippen molar-refractivity contribution in [1.29, 1.82) is 0 Å². The SMILES string of the molecule is C=C(C)C(=O)Oc1ccc(-c2cccc(C3(c4cccc(-c5ccc(OC(=O)C(=C)C)c(Cc6ccccc6)c5)c4)c4cc(-c5ccc6ccccc6c5)ccc4-c4ccc(-c5ccc6ccccc6c5)cc43)c2)cc1Cc1ccccc1.